The van der Waals surface area contributed by atoms with Crippen LogP contribution in [0, 0.1) is 27.7 Å². The predicted octanol–water partition coefficient (Wildman–Crippen LogP) is 4.69. The Balaban J connectivity index is 1.51. The zero-order valence-corrected chi connectivity index (χ0v) is 20.8. The number of aromatic nitrogens is 4. The van der Waals surface area contributed by atoms with Gasteiger partial charge in [0, 0.05) is 23.0 Å². The molecule has 2 aromatic carbocycles. The molecule has 35 heavy (non-hydrogen) atoms. The number of carbonyl (C=O) groups is 1. The van der Waals surface area contributed by atoms with Crippen LogP contribution >= 0.6 is 0 Å². The number of aryl methyl sites for hydroxylation is 2. The molecule has 0 bridgehead atoms. The van der Waals surface area contributed by atoms with Gasteiger partial charge in [0.25, 0.3) is 10.0 Å². The van der Waals surface area contributed by atoms with Gasteiger partial charge in [0.05, 0.1) is 10.6 Å². The highest BCUT2D eigenvalue weighted by Crippen LogP contribution is 2.25. The molecule has 0 saturated carbocycles. The molecule has 0 fully saturated rings. The number of nitrogens with one attached hydrogen (secondary N) is 1. The number of rotatable bonds is 7. The number of hydrogen-bond acceptors (Lipinski definition) is 7. The zero-order chi connectivity index (χ0) is 25.3. The van der Waals surface area contributed by atoms with Gasteiger partial charge < -0.3 is 4.74 Å². The number of anilines is 1. The zero-order valence-electron chi connectivity index (χ0n) is 20.0. The first kappa shape index (κ1) is 24.1. The number of benzene rings is 2. The molecule has 0 aliphatic carbocycles. The summed E-state index contributed by atoms with van der Waals surface area (Å²) in [6.45, 7) is 9.13. The van der Waals surface area contributed by atoms with E-state index in [1.54, 1.807) is 41.9 Å². The molecule has 4 rings (SSSR count). The summed E-state index contributed by atoms with van der Waals surface area (Å²) in [6, 6.07) is 13.9. The van der Waals surface area contributed by atoms with Gasteiger partial charge in [-0.15, -0.1) is 0 Å². The highest BCUT2D eigenvalue weighted by Gasteiger charge is 2.16. The van der Waals surface area contributed by atoms with E-state index < -0.39 is 10.0 Å². The third-order valence-corrected chi connectivity index (χ3v) is 6.97. The summed E-state index contributed by atoms with van der Waals surface area (Å²) in [7, 11) is -3.81. The molecule has 0 aliphatic rings. The van der Waals surface area contributed by atoms with Gasteiger partial charge >= 0.3 is 0 Å². The normalized spacial score (nSPS) is 11.3. The number of nitrogens with zero attached hydrogens (tertiary/aromatic N) is 4. The first-order valence-corrected chi connectivity index (χ1v) is 12.3. The lowest BCUT2D eigenvalue weighted by molar-refractivity contribution is 0.101. The van der Waals surface area contributed by atoms with Crippen molar-refractivity contribution in [1.82, 2.24) is 19.7 Å². The van der Waals surface area contributed by atoms with Crippen molar-refractivity contribution < 1.29 is 17.9 Å². The van der Waals surface area contributed by atoms with Gasteiger partial charge in [0.2, 0.25) is 5.88 Å². The van der Waals surface area contributed by atoms with Gasteiger partial charge in [-0.05, 0) is 76.6 Å². The van der Waals surface area contributed by atoms with E-state index in [0.29, 0.717) is 34.5 Å². The fourth-order valence-corrected chi connectivity index (χ4v) is 4.48. The molecular formula is C25H25N5O4S. The Bertz CT molecular complexity index is 1510. The Morgan fingerprint density at radius 2 is 1.60 bits per heavy atom. The van der Waals surface area contributed by atoms with Crippen LogP contribution in [0.3, 0.4) is 0 Å². The first-order valence-electron chi connectivity index (χ1n) is 10.8. The lowest BCUT2D eigenvalue weighted by Crippen LogP contribution is -2.13. The van der Waals surface area contributed by atoms with Crippen molar-refractivity contribution in [3.63, 3.8) is 0 Å². The van der Waals surface area contributed by atoms with E-state index >= 15 is 0 Å². The maximum Gasteiger partial charge on any atom is 0.261 e. The summed E-state index contributed by atoms with van der Waals surface area (Å²) in [6.07, 6.45) is 0. The lowest BCUT2D eigenvalue weighted by Gasteiger charge is -2.11. The number of sulfonamides is 1. The van der Waals surface area contributed by atoms with Crippen LogP contribution in [0.1, 0.15) is 40.1 Å². The van der Waals surface area contributed by atoms with Crippen molar-refractivity contribution >= 4 is 21.5 Å². The van der Waals surface area contributed by atoms with E-state index in [0.717, 1.165) is 17.0 Å². The molecule has 10 heteroatoms. The monoisotopic (exact) mass is 491 g/mol. The number of ether oxygens (including phenoxy) is 1. The molecule has 9 nitrogen and oxygen atoms in total. The van der Waals surface area contributed by atoms with E-state index in [1.807, 2.05) is 20.8 Å². The second kappa shape index (κ2) is 9.30. The van der Waals surface area contributed by atoms with E-state index in [-0.39, 0.29) is 10.7 Å². The van der Waals surface area contributed by atoms with Gasteiger partial charge in [-0.2, -0.15) is 10.1 Å². The number of ketones is 1. The molecule has 0 amide bonds. The van der Waals surface area contributed by atoms with E-state index in [9.17, 15) is 13.2 Å². The molecule has 4 aromatic rings. The minimum Gasteiger partial charge on any atom is -0.439 e. The van der Waals surface area contributed by atoms with Crippen molar-refractivity contribution in [2.75, 3.05) is 4.72 Å². The number of carbonyl (C=O) groups excluding carboxylic acids is 1. The van der Waals surface area contributed by atoms with E-state index in [4.69, 9.17) is 4.74 Å². The fraction of sp³-hybridized carbons (Fsp3) is 0.200. The van der Waals surface area contributed by atoms with Gasteiger partial charge in [0.1, 0.15) is 11.6 Å². The molecule has 0 saturated heterocycles. The average Bonchev–Trinajstić information content (AvgIpc) is 3.07. The summed E-state index contributed by atoms with van der Waals surface area (Å²) in [5.74, 6) is 1.82. The molecule has 0 radical (unpaired) electrons. The maximum atomic E-state index is 12.7. The minimum absolute atomic E-state index is 0.0613. The highest BCUT2D eigenvalue weighted by molar-refractivity contribution is 7.92. The van der Waals surface area contributed by atoms with Crippen LogP contribution < -0.4 is 9.46 Å². The summed E-state index contributed by atoms with van der Waals surface area (Å²) >= 11 is 0. The molecule has 2 aromatic heterocycles. The second-order valence-electron chi connectivity index (χ2n) is 8.13. The summed E-state index contributed by atoms with van der Waals surface area (Å²) < 4.78 is 35.5. The summed E-state index contributed by atoms with van der Waals surface area (Å²) in [5, 5.41) is 4.54. The number of hydrogen-bond donors (Lipinski definition) is 1. The van der Waals surface area contributed by atoms with Crippen molar-refractivity contribution in [3.8, 4) is 17.4 Å². The third-order valence-electron chi connectivity index (χ3n) is 5.57. The number of Topliss-reactive ketones (excluding diaryl/α,β-unsaturated/α-hetero) is 1. The second-order valence-corrected chi connectivity index (χ2v) is 9.81. The van der Waals surface area contributed by atoms with Gasteiger partial charge in [-0.1, -0.05) is 12.1 Å². The topological polar surface area (TPSA) is 116 Å². The lowest BCUT2D eigenvalue weighted by atomic mass is 10.2. The van der Waals surface area contributed by atoms with Crippen LogP contribution in [-0.4, -0.2) is 33.9 Å². The molecule has 180 valence electrons. The van der Waals surface area contributed by atoms with Crippen LogP contribution in [0.25, 0.3) is 5.82 Å². The van der Waals surface area contributed by atoms with E-state index in [2.05, 4.69) is 19.8 Å². The van der Waals surface area contributed by atoms with Gasteiger partial charge in [-0.25, -0.2) is 18.1 Å². The van der Waals surface area contributed by atoms with Crippen LogP contribution in [0.15, 0.2) is 59.5 Å². The van der Waals surface area contributed by atoms with Crippen LogP contribution in [0.2, 0.25) is 0 Å². The van der Waals surface area contributed by atoms with Crippen molar-refractivity contribution in [1.29, 1.82) is 0 Å². The first-order chi connectivity index (χ1) is 16.5. The molecule has 0 spiro atoms. The molecular weight excluding hydrogens is 466 g/mol. The molecule has 0 unspecified atom stereocenters. The molecule has 1 N–H and O–H groups in total. The SMILES string of the molecule is CC(=O)c1ccc(S(=O)(=O)Nc2ccc(Oc3cc(-n4nc(C)c(C)c4C)nc(C)n3)cc2)cc1. The van der Waals surface area contributed by atoms with Crippen LogP contribution in [-0.2, 0) is 10.0 Å². The standard InChI is InChI=1S/C25H25N5O4S/c1-15-16(2)28-30(17(15)3)24-14-25(27-19(5)26-24)34-22-10-8-21(9-11-22)29-35(32,33)23-12-6-20(7-13-23)18(4)31/h6-14,29H,1-5H3. The Kier molecular flexibility index (Phi) is 6.40. The molecule has 2 heterocycles. The summed E-state index contributed by atoms with van der Waals surface area (Å²) in [4.78, 5) is 20.3. The van der Waals surface area contributed by atoms with Crippen LogP contribution in [0.5, 0.6) is 11.6 Å². The molecule has 0 atom stereocenters. The Hall–Kier alpha value is -4.05. The van der Waals surface area contributed by atoms with E-state index in [1.165, 1.54) is 31.2 Å². The third kappa shape index (κ3) is 5.22. The Morgan fingerprint density at radius 1 is 0.943 bits per heavy atom. The summed E-state index contributed by atoms with van der Waals surface area (Å²) in [5.41, 5.74) is 3.82. The average molecular weight is 492 g/mol. The van der Waals surface area contributed by atoms with Crippen molar-refractivity contribution in [2.24, 2.45) is 0 Å². The quantitative estimate of drug-likeness (QED) is 0.373. The van der Waals surface area contributed by atoms with Crippen LogP contribution in [0.4, 0.5) is 5.69 Å². The fourth-order valence-electron chi connectivity index (χ4n) is 3.42. The van der Waals surface area contributed by atoms with Gasteiger partial charge in [0.15, 0.2) is 11.6 Å². The van der Waals surface area contributed by atoms with Crippen molar-refractivity contribution in [2.45, 2.75) is 39.5 Å². The Labute approximate surface area is 203 Å². The van der Waals surface area contributed by atoms with Gasteiger partial charge in [-0.3, -0.25) is 9.52 Å². The smallest absolute Gasteiger partial charge is 0.261 e. The maximum absolute atomic E-state index is 12.7. The van der Waals surface area contributed by atoms with Crippen molar-refractivity contribution in [3.05, 3.63) is 82.9 Å². The largest absolute Gasteiger partial charge is 0.439 e. The highest BCUT2D eigenvalue weighted by atomic mass is 32.2. The minimum atomic E-state index is -3.81. The Morgan fingerprint density at radius 3 is 2.17 bits per heavy atom. The molecule has 0 aliphatic heterocycles. The predicted molar refractivity (Wildman–Crippen MR) is 132 cm³/mol.